The van der Waals surface area contributed by atoms with Crippen molar-refractivity contribution in [3.8, 4) is 0 Å². The summed E-state index contributed by atoms with van der Waals surface area (Å²) in [5.74, 6) is 0. The summed E-state index contributed by atoms with van der Waals surface area (Å²) >= 11 is 2.86. The first-order valence-electron chi connectivity index (χ1n) is 4.93. The molecule has 0 fully saturated rings. The summed E-state index contributed by atoms with van der Waals surface area (Å²) in [6.45, 7) is 0. The summed E-state index contributed by atoms with van der Waals surface area (Å²) in [5.41, 5.74) is 1.26. The van der Waals surface area contributed by atoms with Gasteiger partial charge in [0.2, 0.25) is 0 Å². The molecule has 0 amide bonds. The SMILES string of the molecule is FC(F)=C(Br)CCCCc1ccccc1. The van der Waals surface area contributed by atoms with Crippen LogP contribution in [0.4, 0.5) is 8.78 Å². The van der Waals surface area contributed by atoms with Gasteiger partial charge in [0.25, 0.3) is 6.08 Å². The molecule has 0 nitrogen and oxygen atoms in total. The van der Waals surface area contributed by atoms with Crippen LogP contribution in [0, 0.1) is 0 Å². The first-order valence-corrected chi connectivity index (χ1v) is 5.73. The second-order valence-electron chi connectivity index (χ2n) is 3.36. The molecule has 0 saturated heterocycles. The van der Waals surface area contributed by atoms with Gasteiger partial charge in [-0.1, -0.05) is 30.3 Å². The van der Waals surface area contributed by atoms with Crippen molar-refractivity contribution in [2.24, 2.45) is 0 Å². The lowest BCUT2D eigenvalue weighted by atomic mass is 10.1. The largest absolute Gasteiger partial charge is 0.280 e. The van der Waals surface area contributed by atoms with Crippen LogP contribution in [-0.2, 0) is 6.42 Å². The van der Waals surface area contributed by atoms with Crippen molar-refractivity contribution in [3.63, 3.8) is 0 Å². The molecule has 1 aromatic rings. The van der Waals surface area contributed by atoms with Crippen LogP contribution in [0.5, 0.6) is 0 Å². The molecule has 3 heteroatoms. The van der Waals surface area contributed by atoms with Crippen LogP contribution >= 0.6 is 15.9 Å². The summed E-state index contributed by atoms with van der Waals surface area (Å²) in [6.07, 6.45) is 1.50. The number of hydrogen-bond donors (Lipinski definition) is 0. The van der Waals surface area contributed by atoms with Crippen LogP contribution in [0.2, 0.25) is 0 Å². The number of allylic oxidation sites excluding steroid dienone is 1. The molecule has 0 atom stereocenters. The van der Waals surface area contributed by atoms with Crippen LogP contribution in [0.3, 0.4) is 0 Å². The summed E-state index contributed by atoms with van der Waals surface area (Å²) < 4.78 is 24.1. The second kappa shape index (κ2) is 6.72. The number of aryl methyl sites for hydroxylation is 1. The monoisotopic (exact) mass is 274 g/mol. The Kier molecular flexibility index (Phi) is 5.54. The minimum Gasteiger partial charge on any atom is -0.172 e. The Morgan fingerprint density at radius 1 is 1.07 bits per heavy atom. The van der Waals surface area contributed by atoms with Crippen molar-refractivity contribution in [1.82, 2.24) is 0 Å². The number of benzene rings is 1. The zero-order valence-electron chi connectivity index (χ0n) is 8.35. The van der Waals surface area contributed by atoms with Gasteiger partial charge < -0.3 is 0 Å². The maximum absolute atomic E-state index is 12.0. The number of unbranched alkanes of at least 4 members (excludes halogenated alkanes) is 1. The predicted octanol–water partition coefficient (Wildman–Crippen LogP) is 4.90. The van der Waals surface area contributed by atoms with E-state index in [1.165, 1.54) is 5.56 Å². The van der Waals surface area contributed by atoms with Gasteiger partial charge in [0.05, 0.1) is 4.48 Å². The van der Waals surface area contributed by atoms with E-state index >= 15 is 0 Å². The Morgan fingerprint density at radius 3 is 2.33 bits per heavy atom. The van der Waals surface area contributed by atoms with E-state index in [1.807, 2.05) is 18.2 Å². The van der Waals surface area contributed by atoms with E-state index in [9.17, 15) is 8.78 Å². The number of halogens is 3. The summed E-state index contributed by atoms with van der Waals surface area (Å²) in [5, 5.41) is 0. The van der Waals surface area contributed by atoms with E-state index in [-0.39, 0.29) is 4.48 Å². The van der Waals surface area contributed by atoms with E-state index in [0.717, 1.165) is 19.3 Å². The Labute approximate surface area is 97.1 Å². The van der Waals surface area contributed by atoms with E-state index in [2.05, 4.69) is 28.1 Å². The van der Waals surface area contributed by atoms with E-state index < -0.39 is 6.08 Å². The lowest BCUT2D eigenvalue weighted by molar-refractivity contribution is 0.414. The van der Waals surface area contributed by atoms with Gasteiger partial charge in [-0.15, -0.1) is 0 Å². The molecule has 1 aromatic carbocycles. The minimum absolute atomic E-state index is 0.0376. The molecule has 0 unspecified atom stereocenters. The zero-order valence-corrected chi connectivity index (χ0v) is 9.94. The summed E-state index contributed by atoms with van der Waals surface area (Å²) in [7, 11) is 0. The second-order valence-corrected chi connectivity index (χ2v) is 4.32. The molecule has 0 N–H and O–H groups in total. The van der Waals surface area contributed by atoms with Crippen molar-refractivity contribution in [2.75, 3.05) is 0 Å². The highest BCUT2D eigenvalue weighted by Gasteiger charge is 2.01. The number of rotatable bonds is 5. The van der Waals surface area contributed by atoms with Gasteiger partial charge in [-0.25, -0.2) is 0 Å². The van der Waals surface area contributed by atoms with Gasteiger partial charge in [-0.2, -0.15) is 8.78 Å². The van der Waals surface area contributed by atoms with Gasteiger partial charge in [-0.05, 0) is 47.2 Å². The quantitative estimate of drug-likeness (QED) is 0.670. The Morgan fingerprint density at radius 2 is 1.73 bits per heavy atom. The predicted molar refractivity (Wildman–Crippen MR) is 62.2 cm³/mol. The fraction of sp³-hybridized carbons (Fsp3) is 0.333. The third kappa shape index (κ3) is 5.07. The molecular formula is C12H13BrF2. The maximum Gasteiger partial charge on any atom is 0.280 e. The molecular weight excluding hydrogens is 262 g/mol. The average molecular weight is 275 g/mol. The average Bonchev–Trinajstić information content (AvgIpc) is 2.25. The Balaban J connectivity index is 2.21. The molecule has 0 saturated carbocycles. The van der Waals surface area contributed by atoms with E-state index in [0.29, 0.717) is 6.42 Å². The number of hydrogen-bond acceptors (Lipinski definition) is 0. The van der Waals surface area contributed by atoms with Gasteiger partial charge in [0, 0.05) is 0 Å². The molecule has 15 heavy (non-hydrogen) atoms. The van der Waals surface area contributed by atoms with Gasteiger partial charge in [0.1, 0.15) is 0 Å². The Bertz CT molecular complexity index is 316. The van der Waals surface area contributed by atoms with Crippen LogP contribution < -0.4 is 0 Å². The molecule has 0 radical (unpaired) electrons. The topological polar surface area (TPSA) is 0 Å². The van der Waals surface area contributed by atoms with Gasteiger partial charge in [-0.3, -0.25) is 0 Å². The third-order valence-electron chi connectivity index (χ3n) is 2.16. The molecule has 0 aliphatic heterocycles. The fourth-order valence-corrected chi connectivity index (χ4v) is 1.63. The standard InChI is InChI=1S/C12H13BrF2/c13-11(12(14)15)9-5-4-8-10-6-2-1-3-7-10/h1-3,6-7H,4-5,8-9H2. The highest BCUT2D eigenvalue weighted by molar-refractivity contribution is 9.11. The van der Waals surface area contributed by atoms with Crippen LogP contribution in [0.15, 0.2) is 40.9 Å². The van der Waals surface area contributed by atoms with Crippen molar-refractivity contribution >= 4 is 15.9 Å². The first-order chi connectivity index (χ1) is 7.20. The Hall–Kier alpha value is -0.700. The van der Waals surface area contributed by atoms with Gasteiger partial charge in [0.15, 0.2) is 0 Å². The fourth-order valence-electron chi connectivity index (χ4n) is 1.35. The zero-order chi connectivity index (χ0) is 11.1. The third-order valence-corrected chi connectivity index (χ3v) is 2.86. The van der Waals surface area contributed by atoms with Crippen molar-refractivity contribution in [3.05, 3.63) is 46.5 Å². The lowest BCUT2D eigenvalue weighted by Crippen LogP contribution is -1.85. The van der Waals surface area contributed by atoms with Crippen LogP contribution in [0.25, 0.3) is 0 Å². The summed E-state index contributed by atoms with van der Waals surface area (Å²) in [4.78, 5) is 0. The van der Waals surface area contributed by atoms with Crippen LogP contribution in [0.1, 0.15) is 24.8 Å². The summed E-state index contributed by atoms with van der Waals surface area (Å²) in [6, 6.07) is 10.1. The molecule has 0 aliphatic rings. The van der Waals surface area contributed by atoms with Crippen molar-refractivity contribution < 1.29 is 8.78 Å². The van der Waals surface area contributed by atoms with Gasteiger partial charge >= 0.3 is 0 Å². The molecule has 1 rings (SSSR count). The highest BCUT2D eigenvalue weighted by Crippen LogP contribution is 2.21. The lowest BCUT2D eigenvalue weighted by Gasteiger charge is -2.00. The molecule has 0 heterocycles. The molecule has 0 bridgehead atoms. The maximum atomic E-state index is 12.0. The van der Waals surface area contributed by atoms with Crippen LogP contribution in [-0.4, -0.2) is 0 Å². The van der Waals surface area contributed by atoms with Crippen molar-refractivity contribution in [2.45, 2.75) is 25.7 Å². The molecule has 82 valence electrons. The van der Waals surface area contributed by atoms with Crippen molar-refractivity contribution in [1.29, 1.82) is 0 Å². The first kappa shape index (κ1) is 12.4. The highest BCUT2D eigenvalue weighted by atomic mass is 79.9. The molecule has 0 aromatic heterocycles. The minimum atomic E-state index is -1.60. The van der Waals surface area contributed by atoms with E-state index in [1.54, 1.807) is 0 Å². The normalized spacial score (nSPS) is 10.1. The van der Waals surface area contributed by atoms with E-state index in [4.69, 9.17) is 0 Å². The smallest absolute Gasteiger partial charge is 0.172 e. The molecule has 0 spiro atoms. The molecule has 0 aliphatic carbocycles.